The monoisotopic (exact) mass is 277 g/mol. The minimum Gasteiger partial charge on any atom is -0.468 e. The van der Waals surface area contributed by atoms with Crippen LogP contribution in [0.1, 0.15) is 10.6 Å². The average Bonchev–Trinajstić information content (AvgIpc) is 2.95. The Morgan fingerprint density at radius 2 is 1.90 bits per heavy atom. The summed E-state index contributed by atoms with van der Waals surface area (Å²) in [6.07, 6.45) is 0. The predicted molar refractivity (Wildman–Crippen MR) is 68.5 cm³/mol. The van der Waals surface area contributed by atoms with Crippen LogP contribution >= 0.6 is 0 Å². The Bertz CT molecular complexity index is 618. The fourth-order valence-corrected chi connectivity index (χ4v) is 1.54. The van der Waals surface area contributed by atoms with Crippen LogP contribution in [0.4, 0.5) is 4.39 Å². The van der Waals surface area contributed by atoms with Gasteiger partial charge in [0.2, 0.25) is 0 Å². The van der Waals surface area contributed by atoms with E-state index >= 15 is 0 Å². The first-order valence-electron chi connectivity index (χ1n) is 5.81. The number of furan rings is 1. The number of nitrogens with one attached hydrogen (secondary N) is 1. The molecular formula is C14H12FNO4. The molecule has 0 aliphatic heterocycles. The highest BCUT2D eigenvalue weighted by Crippen LogP contribution is 2.22. The lowest BCUT2D eigenvalue weighted by Crippen LogP contribution is -2.29. The molecule has 0 bridgehead atoms. The second-order valence-corrected chi connectivity index (χ2v) is 3.93. The number of methoxy groups -OCH3 is 1. The predicted octanol–water partition coefficient (Wildman–Crippen LogP) is 1.99. The molecule has 1 heterocycles. The van der Waals surface area contributed by atoms with Crippen LogP contribution in [0.15, 0.2) is 40.8 Å². The number of amides is 1. The van der Waals surface area contributed by atoms with E-state index in [0.29, 0.717) is 11.3 Å². The van der Waals surface area contributed by atoms with Crippen molar-refractivity contribution in [2.45, 2.75) is 0 Å². The first-order chi connectivity index (χ1) is 9.60. The number of ether oxygens (including phenoxy) is 1. The van der Waals surface area contributed by atoms with Crippen molar-refractivity contribution in [1.29, 1.82) is 0 Å². The second kappa shape index (κ2) is 6.01. The molecule has 1 aromatic heterocycles. The summed E-state index contributed by atoms with van der Waals surface area (Å²) in [7, 11) is 1.23. The zero-order valence-corrected chi connectivity index (χ0v) is 10.7. The van der Waals surface area contributed by atoms with Gasteiger partial charge >= 0.3 is 5.97 Å². The van der Waals surface area contributed by atoms with Crippen molar-refractivity contribution < 1.29 is 23.1 Å². The molecule has 2 rings (SSSR count). The summed E-state index contributed by atoms with van der Waals surface area (Å²) in [5.41, 5.74) is 0.651. The Hall–Kier alpha value is -2.63. The Balaban J connectivity index is 2.06. The quantitative estimate of drug-likeness (QED) is 0.868. The Morgan fingerprint density at radius 1 is 1.20 bits per heavy atom. The van der Waals surface area contributed by atoms with Gasteiger partial charge in [0, 0.05) is 5.56 Å². The highest BCUT2D eigenvalue weighted by Gasteiger charge is 2.13. The summed E-state index contributed by atoms with van der Waals surface area (Å²) in [6, 6.07) is 8.77. The molecule has 6 heteroatoms. The minimum atomic E-state index is -0.552. The Labute approximate surface area is 114 Å². The van der Waals surface area contributed by atoms with Gasteiger partial charge < -0.3 is 14.5 Å². The topological polar surface area (TPSA) is 68.5 Å². The molecule has 0 aliphatic carbocycles. The molecule has 5 nitrogen and oxygen atoms in total. The van der Waals surface area contributed by atoms with Crippen LogP contribution in [-0.2, 0) is 9.53 Å². The second-order valence-electron chi connectivity index (χ2n) is 3.93. The summed E-state index contributed by atoms with van der Waals surface area (Å²) in [6.45, 7) is -0.234. The molecular weight excluding hydrogens is 265 g/mol. The SMILES string of the molecule is COC(=O)CNC(=O)c1ccc(-c2ccc(F)cc2)o1. The molecule has 1 aromatic carbocycles. The smallest absolute Gasteiger partial charge is 0.325 e. The number of hydrogen-bond donors (Lipinski definition) is 1. The van der Waals surface area contributed by atoms with Crippen LogP contribution in [0.3, 0.4) is 0 Å². The van der Waals surface area contributed by atoms with Crippen LogP contribution in [0, 0.1) is 5.82 Å². The number of hydrogen-bond acceptors (Lipinski definition) is 4. The number of benzene rings is 1. The normalized spacial score (nSPS) is 10.1. The fourth-order valence-electron chi connectivity index (χ4n) is 1.54. The lowest BCUT2D eigenvalue weighted by Gasteiger charge is -2.01. The number of carbonyl (C=O) groups is 2. The Morgan fingerprint density at radius 3 is 2.55 bits per heavy atom. The van der Waals surface area contributed by atoms with Crippen molar-refractivity contribution in [3.63, 3.8) is 0 Å². The largest absolute Gasteiger partial charge is 0.468 e. The minimum absolute atomic E-state index is 0.0632. The van der Waals surface area contributed by atoms with Crippen LogP contribution < -0.4 is 5.32 Å². The van der Waals surface area contributed by atoms with Crippen molar-refractivity contribution in [2.24, 2.45) is 0 Å². The van der Waals surface area contributed by atoms with Crippen molar-refractivity contribution >= 4 is 11.9 Å². The molecule has 0 aliphatic rings. The lowest BCUT2D eigenvalue weighted by atomic mass is 10.2. The number of rotatable bonds is 4. The summed E-state index contributed by atoms with van der Waals surface area (Å²) in [5.74, 6) is -0.926. The fraction of sp³-hybridized carbons (Fsp3) is 0.143. The van der Waals surface area contributed by atoms with E-state index in [9.17, 15) is 14.0 Å². The van der Waals surface area contributed by atoms with Crippen LogP contribution in [-0.4, -0.2) is 25.5 Å². The number of halogens is 1. The van der Waals surface area contributed by atoms with E-state index in [1.165, 1.54) is 25.3 Å². The number of carbonyl (C=O) groups excluding carboxylic acids is 2. The van der Waals surface area contributed by atoms with E-state index in [1.54, 1.807) is 18.2 Å². The van der Waals surface area contributed by atoms with Gasteiger partial charge in [-0.1, -0.05) is 0 Å². The molecule has 0 radical (unpaired) electrons. The van der Waals surface area contributed by atoms with Gasteiger partial charge in [0.25, 0.3) is 5.91 Å². The van der Waals surface area contributed by atoms with Gasteiger partial charge in [0.15, 0.2) is 5.76 Å². The zero-order valence-electron chi connectivity index (χ0n) is 10.7. The third-order valence-corrected chi connectivity index (χ3v) is 2.58. The molecule has 1 amide bonds. The van der Waals surface area contributed by atoms with E-state index in [1.807, 2.05) is 0 Å². The molecule has 20 heavy (non-hydrogen) atoms. The van der Waals surface area contributed by atoms with E-state index in [-0.39, 0.29) is 18.1 Å². The van der Waals surface area contributed by atoms with Gasteiger partial charge in [0.1, 0.15) is 18.1 Å². The van der Waals surface area contributed by atoms with Crippen molar-refractivity contribution in [1.82, 2.24) is 5.32 Å². The molecule has 2 aromatic rings. The van der Waals surface area contributed by atoms with Gasteiger partial charge in [-0.25, -0.2) is 4.39 Å². The summed E-state index contributed by atoms with van der Waals surface area (Å²) in [5, 5.41) is 2.36. The van der Waals surface area contributed by atoms with Gasteiger partial charge in [-0.2, -0.15) is 0 Å². The molecule has 0 unspecified atom stereocenters. The average molecular weight is 277 g/mol. The highest BCUT2D eigenvalue weighted by atomic mass is 19.1. The van der Waals surface area contributed by atoms with Gasteiger partial charge in [-0.3, -0.25) is 9.59 Å². The van der Waals surface area contributed by atoms with Crippen molar-refractivity contribution in [2.75, 3.05) is 13.7 Å². The maximum atomic E-state index is 12.8. The Kier molecular flexibility index (Phi) is 4.14. The van der Waals surface area contributed by atoms with E-state index in [4.69, 9.17) is 4.42 Å². The molecule has 0 saturated carbocycles. The molecule has 0 atom stereocenters. The standard InChI is InChI=1S/C14H12FNO4/c1-19-13(17)8-16-14(18)12-7-6-11(20-12)9-2-4-10(15)5-3-9/h2-7H,8H2,1H3,(H,16,18). The van der Waals surface area contributed by atoms with Crippen LogP contribution in [0.5, 0.6) is 0 Å². The van der Waals surface area contributed by atoms with Gasteiger partial charge in [0.05, 0.1) is 7.11 Å². The lowest BCUT2D eigenvalue weighted by molar-refractivity contribution is -0.139. The van der Waals surface area contributed by atoms with Gasteiger partial charge in [-0.05, 0) is 36.4 Å². The maximum absolute atomic E-state index is 12.8. The van der Waals surface area contributed by atoms with Gasteiger partial charge in [-0.15, -0.1) is 0 Å². The third-order valence-electron chi connectivity index (χ3n) is 2.58. The van der Waals surface area contributed by atoms with E-state index < -0.39 is 11.9 Å². The molecule has 1 N–H and O–H groups in total. The van der Waals surface area contributed by atoms with Crippen LogP contribution in [0.25, 0.3) is 11.3 Å². The first kappa shape index (κ1) is 13.8. The van der Waals surface area contributed by atoms with Crippen LogP contribution in [0.2, 0.25) is 0 Å². The third kappa shape index (κ3) is 3.23. The number of esters is 1. The molecule has 104 valence electrons. The van der Waals surface area contributed by atoms with Crippen molar-refractivity contribution in [3.8, 4) is 11.3 Å². The summed E-state index contributed by atoms with van der Waals surface area (Å²) in [4.78, 5) is 22.6. The molecule has 0 saturated heterocycles. The van der Waals surface area contributed by atoms with E-state index in [0.717, 1.165) is 0 Å². The van der Waals surface area contributed by atoms with Crippen molar-refractivity contribution in [3.05, 3.63) is 48.0 Å². The molecule has 0 spiro atoms. The molecule has 0 fully saturated rings. The highest BCUT2D eigenvalue weighted by molar-refractivity contribution is 5.94. The summed E-state index contributed by atoms with van der Waals surface area (Å²) < 4.78 is 22.6. The summed E-state index contributed by atoms with van der Waals surface area (Å²) >= 11 is 0. The zero-order chi connectivity index (χ0) is 14.5. The van der Waals surface area contributed by atoms with E-state index in [2.05, 4.69) is 10.1 Å². The maximum Gasteiger partial charge on any atom is 0.325 e. The first-order valence-corrected chi connectivity index (χ1v) is 5.81.